The molecule has 16 nitrogen and oxygen atoms in total. The van der Waals surface area contributed by atoms with Gasteiger partial charge in [-0.1, -0.05) is 0 Å². The number of benzene rings is 2. The predicted molar refractivity (Wildman–Crippen MR) is 216 cm³/mol. The number of anilines is 2. The highest BCUT2D eigenvalue weighted by Gasteiger charge is 2.45. The maximum absolute atomic E-state index is 13.3. The Labute approximate surface area is 341 Å². The number of morpholine rings is 1. The molecular weight excluding hydrogens is 755 g/mol. The number of ether oxygens (including phenoxy) is 3. The molecule has 1 unspecified atom stereocenters. The van der Waals surface area contributed by atoms with Gasteiger partial charge in [0.05, 0.1) is 47.3 Å². The summed E-state index contributed by atoms with van der Waals surface area (Å²) in [6.45, 7) is 8.59. The topological polar surface area (TPSA) is 175 Å². The van der Waals surface area contributed by atoms with Gasteiger partial charge in [-0.3, -0.25) is 34.5 Å². The number of carbonyl (C=O) groups excluding carboxylic acids is 4. The summed E-state index contributed by atoms with van der Waals surface area (Å²) < 4.78 is 19.1. The van der Waals surface area contributed by atoms with Crippen LogP contribution < -0.4 is 19.9 Å². The molecule has 0 radical (unpaired) electrons. The molecule has 0 bridgehead atoms. The van der Waals surface area contributed by atoms with Crippen LogP contribution in [0.3, 0.4) is 0 Å². The van der Waals surface area contributed by atoms with E-state index in [1.807, 2.05) is 24.3 Å². The molecule has 7 heterocycles. The molecule has 5 fully saturated rings. The second kappa shape index (κ2) is 15.3. The Morgan fingerprint density at radius 2 is 1.63 bits per heavy atom. The molecule has 4 saturated heterocycles. The van der Waals surface area contributed by atoms with E-state index in [1.165, 1.54) is 0 Å². The fourth-order valence-electron chi connectivity index (χ4n) is 9.20. The van der Waals surface area contributed by atoms with Gasteiger partial charge in [-0.15, -0.1) is 0 Å². The Hall–Kier alpha value is -5.45. The van der Waals surface area contributed by atoms with Crippen molar-refractivity contribution in [2.75, 3.05) is 62.2 Å². The first-order chi connectivity index (χ1) is 28.7. The van der Waals surface area contributed by atoms with Crippen molar-refractivity contribution in [3.63, 3.8) is 0 Å². The van der Waals surface area contributed by atoms with E-state index >= 15 is 0 Å². The number of carbonyl (C=O) groups is 4. The third-order valence-electron chi connectivity index (χ3n) is 12.8. The molecule has 59 heavy (non-hydrogen) atoms. The highest BCUT2D eigenvalue weighted by Crippen LogP contribution is 2.41. The first-order valence-corrected chi connectivity index (χ1v) is 21.0. The monoisotopic (exact) mass is 803 g/mol. The van der Waals surface area contributed by atoms with E-state index in [0.717, 1.165) is 129 Å². The zero-order valence-electron chi connectivity index (χ0n) is 33.2. The van der Waals surface area contributed by atoms with Crippen molar-refractivity contribution in [3.05, 3.63) is 59.9 Å². The van der Waals surface area contributed by atoms with E-state index in [-0.39, 0.29) is 42.7 Å². The molecule has 1 aliphatic carbocycles. The van der Waals surface area contributed by atoms with Crippen LogP contribution in [0.5, 0.6) is 5.75 Å². The minimum absolute atomic E-state index is 0.0619. The SMILES string of the molecule is CC1(Oc2ccc3[nH]nc(-c4cc(N5CCO[C@H](CN6CCC(OC7CCN(c8ccc9c(c8)C(=O)N(C8CCC(=O)NC8=O)C9=O)CC7)CC6)C5)ncn4)c3c2)CC1. The van der Waals surface area contributed by atoms with E-state index in [1.54, 1.807) is 18.5 Å². The number of piperidine rings is 3. The van der Waals surface area contributed by atoms with Gasteiger partial charge in [0.25, 0.3) is 11.8 Å². The number of nitrogens with zero attached hydrogens (tertiary/aromatic N) is 7. The van der Waals surface area contributed by atoms with Crippen LogP contribution in [0.2, 0.25) is 0 Å². The molecule has 6 aliphatic rings. The van der Waals surface area contributed by atoms with Gasteiger partial charge < -0.3 is 28.9 Å². The molecule has 16 heteroatoms. The molecule has 10 rings (SSSR count). The van der Waals surface area contributed by atoms with Gasteiger partial charge >= 0.3 is 0 Å². The third-order valence-corrected chi connectivity index (χ3v) is 12.8. The molecule has 0 spiro atoms. The van der Waals surface area contributed by atoms with Crippen LogP contribution in [0, 0.1) is 0 Å². The summed E-state index contributed by atoms with van der Waals surface area (Å²) in [4.78, 5) is 67.8. The van der Waals surface area contributed by atoms with Gasteiger partial charge in [-0.05, 0) is 88.3 Å². The van der Waals surface area contributed by atoms with E-state index in [4.69, 9.17) is 14.2 Å². The lowest BCUT2D eigenvalue weighted by Gasteiger charge is -2.40. The Kier molecular flexibility index (Phi) is 9.80. The highest BCUT2D eigenvalue weighted by atomic mass is 16.5. The van der Waals surface area contributed by atoms with Crippen molar-refractivity contribution in [3.8, 4) is 17.1 Å². The Bertz CT molecular complexity index is 2300. The third kappa shape index (κ3) is 7.64. The van der Waals surface area contributed by atoms with Crippen LogP contribution in [0.4, 0.5) is 11.5 Å². The number of nitrogens with one attached hydrogen (secondary N) is 2. The fraction of sp³-hybridized carbons (Fsp3) is 0.512. The number of hydrogen-bond acceptors (Lipinski definition) is 13. The normalized spacial score (nSPS) is 24.2. The fourth-order valence-corrected chi connectivity index (χ4v) is 9.20. The number of H-pyrrole nitrogens is 1. The van der Waals surface area contributed by atoms with E-state index in [2.05, 4.69) is 53.2 Å². The summed E-state index contributed by atoms with van der Waals surface area (Å²) in [6, 6.07) is 12.4. The zero-order chi connectivity index (χ0) is 40.3. The van der Waals surface area contributed by atoms with E-state index < -0.39 is 23.8 Å². The maximum Gasteiger partial charge on any atom is 0.262 e. The van der Waals surface area contributed by atoms with Crippen molar-refractivity contribution in [2.45, 2.75) is 88.2 Å². The molecule has 2 aromatic heterocycles. The average Bonchev–Trinajstić information content (AvgIpc) is 3.73. The number of aromatic amines is 1. The Balaban J connectivity index is 0.690. The van der Waals surface area contributed by atoms with Gasteiger partial charge in [0, 0.05) is 69.4 Å². The summed E-state index contributed by atoms with van der Waals surface area (Å²) in [5.41, 5.74) is 3.90. The number of likely N-dealkylation sites (tertiary alicyclic amines) is 1. The predicted octanol–water partition coefficient (Wildman–Crippen LogP) is 3.71. The Morgan fingerprint density at radius 1 is 0.847 bits per heavy atom. The lowest BCUT2D eigenvalue weighted by Crippen LogP contribution is -2.54. The maximum atomic E-state index is 13.3. The summed E-state index contributed by atoms with van der Waals surface area (Å²) in [5.74, 6) is -0.254. The second-order valence-electron chi connectivity index (χ2n) is 17.0. The number of rotatable bonds is 10. The molecule has 1 saturated carbocycles. The lowest BCUT2D eigenvalue weighted by atomic mass is 10.0. The van der Waals surface area contributed by atoms with Gasteiger partial charge in [-0.25, -0.2) is 9.97 Å². The van der Waals surface area contributed by atoms with Gasteiger partial charge in [0.1, 0.15) is 35.2 Å². The van der Waals surface area contributed by atoms with Crippen molar-refractivity contribution in [1.29, 1.82) is 0 Å². The standard InChI is InChI=1S/C43H49N9O7/c1-43(12-13-43)59-29-3-5-34-33(21-29)39(48-47-34)35-22-37(45-25-44-35)51-18-19-57-30(24-51)23-49-14-8-27(9-15-49)58-28-10-16-50(17-11-28)26-2-4-31-32(20-26)42(56)52(41(31)55)36-6-7-38(53)46-40(36)54/h2-5,20-22,25,27-28,30,36H,6-19,23-24H2,1H3,(H,47,48)(H,46,53,54)/t30-,36?/m1/s1. The van der Waals surface area contributed by atoms with Crippen molar-refractivity contribution in [1.82, 2.24) is 35.3 Å². The first-order valence-electron chi connectivity index (χ1n) is 21.0. The van der Waals surface area contributed by atoms with E-state index in [0.29, 0.717) is 17.7 Å². The number of amides is 4. The summed E-state index contributed by atoms with van der Waals surface area (Å²) in [6.07, 6.45) is 8.12. The molecule has 5 aliphatic heterocycles. The number of hydrogen-bond donors (Lipinski definition) is 2. The minimum Gasteiger partial charge on any atom is -0.488 e. The Morgan fingerprint density at radius 3 is 2.41 bits per heavy atom. The van der Waals surface area contributed by atoms with Gasteiger partial charge in [-0.2, -0.15) is 5.10 Å². The van der Waals surface area contributed by atoms with Crippen molar-refractivity contribution >= 4 is 46.0 Å². The summed E-state index contributed by atoms with van der Waals surface area (Å²) >= 11 is 0. The van der Waals surface area contributed by atoms with Gasteiger partial charge in [0.2, 0.25) is 11.8 Å². The van der Waals surface area contributed by atoms with E-state index in [9.17, 15) is 19.2 Å². The molecule has 4 aromatic rings. The molecular formula is C43H49N9O7. The van der Waals surface area contributed by atoms with Crippen LogP contribution >= 0.6 is 0 Å². The van der Waals surface area contributed by atoms with Crippen LogP contribution in [0.1, 0.15) is 79.0 Å². The van der Waals surface area contributed by atoms with Crippen molar-refractivity contribution in [2.24, 2.45) is 0 Å². The van der Waals surface area contributed by atoms with Gasteiger partial charge in [0.15, 0.2) is 0 Å². The summed E-state index contributed by atoms with van der Waals surface area (Å²) in [5, 5.41) is 11.0. The molecule has 2 N–H and O–H groups in total. The number of imide groups is 2. The number of fused-ring (bicyclic) bond motifs is 2. The van der Waals surface area contributed by atoms with Crippen LogP contribution in [0.25, 0.3) is 22.3 Å². The zero-order valence-corrected chi connectivity index (χ0v) is 33.2. The highest BCUT2D eigenvalue weighted by molar-refractivity contribution is 6.23. The second-order valence-corrected chi connectivity index (χ2v) is 17.0. The molecule has 2 aromatic carbocycles. The quantitative estimate of drug-likeness (QED) is 0.222. The van der Waals surface area contributed by atoms with Crippen LogP contribution in [0.15, 0.2) is 48.8 Å². The average molecular weight is 804 g/mol. The minimum atomic E-state index is -0.972. The van der Waals surface area contributed by atoms with Crippen LogP contribution in [-0.2, 0) is 19.1 Å². The lowest BCUT2D eigenvalue weighted by molar-refractivity contribution is -0.136. The first kappa shape index (κ1) is 37.8. The smallest absolute Gasteiger partial charge is 0.262 e. The number of aromatic nitrogens is 4. The summed E-state index contributed by atoms with van der Waals surface area (Å²) in [7, 11) is 0. The largest absolute Gasteiger partial charge is 0.488 e. The molecule has 4 amide bonds. The molecule has 308 valence electrons. The van der Waals surface area contributed by atoms with Crippen molar-refractivity contribution < 1.29 is 33.4 Å². The van der Waals surface area contributed by atoms with Crippen LogP contribution in [-0.4, -0.2) is 136 Å². The molecule has 2 atom stereocenters.